The zero-order valence-corrected chi connectivity index (χ0v) is 12.5. The first kappa shape index (κ1) is 12.7. The summed E-state index contributed by atoms with van der Waals surface area (Å²) in [7, 11) is 1.63. The molecule has 1 aromatic carbocycles. The third-order valence-corrected chi connectivity index (χ3v) is 5.34. The number of thiophene rings is 1. The number of fused-ring (bicyclic) bond motifs is 2. The highest BCUT2D eigenvalue weighted by molar-refractivity contribution is 7.14. The normalized spacial score (nSPS) is 13.6. The average Bonchev–Trinajstić information content (AvgIpc) is 3.19. The molecule has 0 saturated carbocycles. The van der Waals surface area contributed by atoms with E-state index in [1.807, 2.05) is 18.2 Å². The molecule has 3 aromatic rings. The molecule has 0 bridgehead atoms. The van der Waals surface area contributed by atoms with Crippen LogP contribution in [0.5, 0.6) is 5.75 Å². The van der Waals surface area contributed by atoms with E-state index in [1.54, 1.807) is 24.6 Å². The minimum absolute atomic E-state index is 0.0881. The Bertz CT molecular complexity index is 822. The van der Waals surface area contributed by atoms with Crippen molar-refractivity contribution in [1.29, 1.82) is 0 Å². The van der Waals surface area contributed by atoms with Gasteiger partial charge in [-0.15, -0.1) is 11.3 Å². The zero-order valence-electron chi connectivity index (χ0n) is 11.7. The van der Waals surface area contributed by atoms with Crippen molar-refractivity contribution in [2.45, 2.75) is 19.3 Å². The number of hydrogen-bond acceptors (Lipinski definition) is 3. The summed E-state index contributed by atoms with van der Waals surface area (Å²) in [6, 6.07) is 7.85. The van der Waals surface area contributed by atoms with E-state index in [0.29, 0.717) is 5.56 Å². The van der Waals surface area contributed by atoms with Crippen molar-refractivity contribution in [2.75, 3.05) is 7.11 Å². The molecule has 2 heterocycles. The lowest BCUT2D eigenvalue weighted by Crippen LogP contribution is -1.98. The second kappa shape index (κ2) is 4.74. The van der Waals surface area contributed by atoms with E-state index >= 15 is 0 Å². The van der Waals surface area contributed by atoms with Crippen molar-refractivity contribution in [3.63, 3.8) is 0 Å². The number of benzene rings is 1. The zero-order chi connectivity index (χ0) is 14.4. The number of nitrogens with one attached hydrogen (secondary N) is 1. The van der Waals surface area contributed by atoms with Crippen LogP contribution in [0.25, 0.3) is 10.9 Å². The third kappa shape index (κ3) is 1.90. The van der Waals surface area contributed by atoms with Crippen molar-refractivity contribution in [3.8, 4) is 5.75 Å². The Labute approximate surface area is 126 Å². The quantitative estimate of drug-likeness (QED) is 0.744. The highest BCUT2D eigenvalue weighted by atomic mass is 32.1. The van der Waals surface area contributed by atoms with Crippen molar-refractivity contribution < 1.29 is 9.53 Å². The summed E-state index contributed by atoms with van der Waals surface area (Å²) in [5, 5.41) is 0.874. The summed E-state index contributed by atoms with van der Waals surface area (Å²) in [4.78, 5) is 18.2. The van der Waals surface area contributed by atoms with Crippen LogP contribution in [0.3, 0.4) is 0 Å². The molecule has 3 nitrogen and oxygen atoms in total. The molecule has 4 rings (SSSR count). The van der Waals surface area contributed by atoms with Crippen LogP contribution in [-0.4, -0.2) is 17.9 Å². The summed E-state index contributed by atoms with van der Waals surface area (Å²) in [5.74, 6) is 0.825. The van der Waals surface area contributed by atoms with Gasteiger partial charge in [0, 0.05) is 16.6 Å². The van der Waals surface area contributed by atoms with E-state index < -0.39 is 0 Å². The Balaban J connectivity index is 1.83. The van der Waals surface area contributed by atoms with Crippen molar-refractivity contribution in [1.82, 2.24) is 4.98 Å². The summed E-state index contributed by atoms with van der Waals surface area (Å²) >= 11 is 1.65. The minimum atomic E-state index is 0.0881. The lowest BCUT2D eigenvalue weighted by atomic mass is 10.1. The molecule has 0 aliphatic heterocycles. The molecule has 1 N–H and O–H groups in total. The van der Waals surface area contributed by atoms with Crippen LogP contribution in [0.4, 0.5) is 0 Å². The summed E-state index contributed by atoms with van der Waals surface area (Å²) in [5.41, 5.74) is 2.99. The number of aryl methyl sites for hydroxylation is 2. The van der Waals surface area contributed by atoms with Gasteiger partial charge in [0.25, 0.3) is 0 Å². The second-order valence-corrected chi connectivity index (χ2v) is 6.46. The number of aromatic amines is 1. The van der Waals surface area contributed by atoms with Crippen LogP contribution < -0.4 is 4.74 Å². The van der Waals surface area contributed by atoms with Crippen molar-refractivity contribution in [2.24, 2.45) is 0 Å². The number of rotatable bonds is 3. The molecular formula is C17H15NO2S. The van der Waals surface area contributed by atoms with Gasteiger partial charge in [-0.25, -0.2) is 0 Å². The van der Waals surface area contributed by atoms with Gasteiger partial charge in [0.05, 0.1) is 22.9 Å². The molecule has 0 radical (unpaired) electrons. The van der Waals surface area contributed by atoms with E-state index in [4.69, 9.17) is 4.74 Å². The largest absolute Gasteiger partial charge is 0.496 e. The molecule has 0 spiro atoms. The van der Waals surface area contributed by atoms with Gasteiger partial charge in [-0.2, -0.15) is 0 Å². The van der Waals surface area contributed by atoms with Gasteiger partial charge in [0.2, 0.25) is 5.78 Å². The molecule has 106 valence electrons. The lowest BCUT2D eigenvalue weighted by Gasteiger charge is -2.03. The number of aromatic nitrogens is 1. The maximum Gasteiger partial charge on any atom is 0.205 e. The van der Waals surface area contributed by atoms with Gasteiger partial charge >= 0.3 is 0 Å². The first-order valence-corrected chi connectivity index (χ1v) is 7.90. The molecule has 21 heavy (non-hydrogen) atoms. The Morgan fingerprint density at radius 1 is 1.33 bits per heavy atom. The van der Waals surface area contributed by atoms with Crippen LogP contribution in [0.1, 0.15) is 32.1 Å². The van der Waals surface area contributed by atoms with Crippen LogP contribution >= 0.6 is 11.3 Å². The molecule has 0 saturated heterocycles. The molecule has 0 amide bonds. The predicted octanol–water partition coefficient (Wildman–Crippen LogP) is 3.96. The summed E-state index contributed by atoms with van der Waals surface area (Å²) < 4.78 is 5.40. The first-order valence-electron chi connectivity index (χ1n) is 7.08. The smallest absolute Gasteiger partial charge is 0.205 e. The van der Waals surface area contributed by atoms with E-state index in [-0.39, 0.29) is 5.78 Å². The van der Waals surface area contributed by atoms with Crippen LogP contribution in [0.2, 0.25) is 0 Å². The molecule has 1 aliphatic rings. The third-order valence-electron chi connectivity index (χ3n) is 4.10. The van der Waals surface area contributed by atoms with Gasteiger partial charge in [-0.05, 0) is 43.0 Å². The SMILES string of the molecule is COc1cccc2[nH]cc(C(=O)c3cc4c(s3)CCC4)c12. The van der Waals surface area contributed by atoms with E-state index in [9.17, 15) is 4.79 Å². The molecule has 0 fully saturated rings. The topological polar surface area (TPSA) is 42.1 Å². The fourth-order valence-corrected chi connectivity index (χ4v) is 4.28. The summed E-state index contributed by atoms with van der Waals surface area (Å²) in [6.07, 6.45) is 5.23. The minimum Gasteiger partial charge on any atom is -0.496 e. The molecular weight excluding hydrogens is 282 g/mol. The fourth-order valence-electron chi connectivity index (χ4n) is 3.07. The first-order chi connectivity index (χ1) is 10.3. The van der Waals surface area contributed by atoms with E-state index in [0.717, 1.165) is 34.4 Å². The molecule has 1 aliphatic carbocycles. The maximum absolute atomic E-state index is 12.8. The fraction of sp³-hybridized carbons (Fsp3) is 0.235. The van der Waals surface area contributed by atoms with Crippen LogP contribution in [0, 0.1) is 0 Å². The van der Waals surface area contributed by atoms with E-state index in [1.165, 1.54) is 16.9 Å². The van der Waals surface area contributed by atoms with Gasteiger partial charge in [0.15, 0.2) is 0 Å². The average molecular weight is 297 g/mol. The molecule has 0 unspecified atom stereocenters. The van der Waals surface area contributed by atoms with Crippen molar-refractivity contribution >= 4 is 28.0 Å². The molecule has 2 aromatic heterocycles. The number of ketones is 1. The van der Waals surface area contributed by atoms with Crippen LogP contribution in [0.15, 0.2) is 30.5 Å². The lowest BCUT2D eigenvalue weighted by molar-refractivity contribution is 0.104. The predicted molar refractivity (Wildman–Crippen MR) is 84.6 cm³/mol. The number of methoxy groups -OCH3 is 1. The second-order valence-electron chi connectivity index (χ2n) is 5.33. The number of hydrogen-bond donors (Lipinski definition) is 1. The number of carbonyl (C=O) groups is 1. The molecule has 0 atom stereocenters. The van der Waals surface area contributed by atoms with Crippen molar-refractivity contribution in [3.05, 3.63) is 51.3 Å². The van der Waals surface area contributed by atoms with Gasteiger partial charge in [-0.3, -0.25) is 4.79 Å². The Morgan fingerprint density at radius 2 is 2.24 bits per heavy atom. The maximum atomic E-state index is 12.8. The van der Waals surface area contributed by atoms with Crippen LogP contribution in [-0.2, 0) is 12.8 Å². The number of ether oxygens (including phenoxy) is 1. The highest BCUT2D eigenvalue weighted by Crippen LogP contribution is 2.35. The monoisotopic (exact) mass is 297 g/mol. The van der Waals surface area contributed by atoms with Gasteiger partial charge in [0.1, 0.15) is 5.75 Å². The number of H-pyrrole nitrogens is 1. The van der Waals surface area contributed by atoms with Gasteiger partial charge in [-0.1, -0.05) is 6.07 Å². The molecule has 4 heteroatoms. The highest BCUT2D eigenvalue weighted by Gasteiger charge is 2.22. The standard InChI is InChI=1S/C17H15NO2S/c1-20-13-6-3-5-12-16(13)11(9-18-12)17(19)15-8-10-4-2-7-14(10)21-15/h3,5-6,8-9,18H,2,4,7H2,1H3. The summed E-state index contributed by atoms with van der Waals surface area (Å²) in [6.45, 7) is 0. The Morgan fingerprint density at radius 3 is 3.05 bits per heavy atom. The number of carbonyl (C=O) groups excluding carboxylic acids is 1. The Kier molecular flexibility index (Phi) is 2.86. The van der Waals surface area contributed by atoms with E-state index in [2.05, 4.69) is 11.1 Å². The Hall–Kier alpha value is -2.07. The van der Waals surface area contributed by atoms with Gasteiger partial charge < -0.3 is 9.72 Å².